The molecule has 0 saturated carbocycles. The fraction of sp³-hybridized carbons (Fsp3) is 0.455. The molecule has 0 aliphatic carbocycles. The Morgan fingerprint density at radius 3 is 2.82 bits per heavy atom. The Morgan fingerprint density at radius 2 is 2.29 bits per heavy atom. The minimum Gasteiger partial charge on any atom is -0.478 e. The maximum absolute atomic E-state index is 12.9. The third kappa shape index (κ3) is 3.89. The molecule has 0 aliphatic heterocycles. The first-order chi connectivity index (χ1) is 7.85. The zero-order valence-electron chi connectivity index (χ0n) is 9.95. The number of thioether (sulfide) groups is 1. The minimum atomic E-state index is -1.19. The molecule has 2 N–H and O–H groups in total. The number of carbonyl (C=O) groups is 1. The number of halogens is 1. The predicted molar refractivity (Wildman–Crippen MR) is 67.2 cm³/mol. The topological polar surface area (TPSA) is 62.2 Å². The molecule has 0 amide bonds. The van der Waals surface area contributed by atoms with Crippen LogP contribution in [0.4, 0.5) is 10.2 Å². The van der Waals surface area contributed by atoms with Gasteiger partial charge in [-0.1, -0.05) is 0 Å². The minimum absolute atomic E-state index is 0.0498. The number of nitrogens with one attached hydrogen (secondary N) is 1. The molecular weight excluding hydrogens is 243 g/mol. The van der Waals surface area contributed by atoms with E-state index >= 15 is 0 Å². The highest BCUT2D eigenvalue weighted by molar-refractivity contribution is 7.99. The van der Waals surface area contributed by atoms with E-state index in [1.165, 1.54) is 0 Å². The molecule has 0 aromatic carbocycles. The zero-order valence-corrected chi connectivity index (χ0v) is 10.8. The van der Waals surface area contributed by atoms with Crippen molar-refractivity contribution in [2.24, 2.45) is 0 Å². The molecule has 0 spiro atoms. The van der Waals surface area contributed by atoms with Crippen LogP contribution in [0.1, 0.15) is 24.2 Å². The molecule has 0 atom stereocenters. The average molecular weight is 258 g/mol. The molecular formula is C11H15FN2O2S. The molecule has 0 saturated heterocycles. The lowest BCUT2D eigenvalue weighted by Gasteiger charge is -2.23. The summed E-state index contributed by atoms with van der Waals surface area (Å²) >= 11 is 1.65. The van der Waals surface area contributed by atoms with Crippen molar-refractivity contribution < 1.29 is 14.3 Å². The Labute approximate surface area is 104 Å². The first-order valence-corrected chi connectivity index (χ1v) is 6.26. The third-order valence-corrected chi connectivity index (χ3v) is 3.57. The second-order valence-corrected chi connectivity index (χ2v) is 5.69. The Balaban J connectivity index is 2.88. The van der Waals surface area contributed by atoms with Crippen LogP contribution in [0.25, 0.3) is 0 Å². The van der Waals surface area contributed by atoms with Gasteiger partial charge in [-0.05, 0) is 26.2 Å². The molecule has 1 rings (SSSR count). The van der Waals surface area contributed by atoms with E-state index in [0.29, 0.717) is 6.54 Å². The first-order valence-electron chi connectivity index (χ1n) is 5.03. The summed E-state index contributed by atoms with van der Waals surface area (Å²) in [5.74, 6) is -1.65. The number of nitrogens with zero attached hydrogens (tertiary/aromatic N) is 1. The Morgan fingerprint density at radius 1 is 1.65 bits per heavy atom. The SMILES string of the molecule is CSC(C)(C)CNc1ncc(F)cc1C(=O)O. The second-order valence-electron chi connectivity index (χ2n) is 4.17. The summed E-state index contributed by atoms with van der Waals surface area (Å²) < 4.78 is 12.8. The number of hydrogen-bond donors (Lipinski definition) is 2. The Kier molecular flexibility index (Phi) is 4.34. The number of pyridine rings is 1. The molecule has 94 valence electrons. The molecule has 6 heteroatoms. The quantitative estimate of drug-likeness (QED) is 0.849. The Bertz CT molecular complexity index is 424. The van der Waals surface area contributed by atoms with Crippen LogP contribution in [0.2, 0.25) is 0 Å². The van der Waals surface area contributed by atoms with Gasteiger partial charge in [-0.2, -0.15) is 11.8 Å². The van der Waals surface area contributed by atoms with E-state index in [0.717, 1.165) is 12.3 Å². The van der Waals surface area contributed by atoms with Gasteiger partial charge >= 0.3 is 5.97 Å². The van der Waals surface area contributed by atoms with E-state index in [1.54, 1.807) is 11.8 Å². The molecule has 0 aliphatic rings. The largest absolute Gasteiger partial charge is 0.478 e. The van der Waals surface area contributed by atoms with Gasteiger partial charge in [0.15, 0.2) is 0 Å². The zero-order chi connectivity index (χ0) is 13.1. The summed E-state index contributed by atoms with van der Waals surface area (Å²) in [4.78, 5) is 14.7. The number of aromatic carboxylic acids is 1. The van der Waals surface area contributed by atoms with Crippen molar-refractivity contribution in [3.63, 3.8) is 0 Å². The summed E-state index contributed by atoms with van der Waals surface area (Å²) in [6, 6.07) is 0.962. The van der Waals surface area contributed by atoms with Crippen LogP contribution in [-0.2, 0) is 0 Å². The number of aromatic nitrogens is 1. The van der Waals surface area contributed by atoms with Gasteiger partial charge in [-0.15, -0.1) is 0 Å². The van der Waals surface area contributed by atoms with Crippen LogP contribution in [0.15, 0.2) is 12.3 Å². The normalized spacial score (nSPS) is 11.3. The molecule has 1 aromatic rings. The monoisotopic (exact) mass is 258 g/mol. The highest BCUT2D eigenvalue weighted by atomic mass is 32.2. The van der Waals surface area contributed by atoms with Gasteiger partial charge in [-0.3, -0.25) is 0 Å². The van der Waals surface area contributed by atoms with E-state index < -0.39 is 11.8 Å². The van der Waals surface area contributed by atoms with Crippen LogP contribution in [0, 0.1) is 5.82 Å². The van der Waals surface area contributed by atoms with E-state index in [2.05, 4.69) is 10.3 Å². The van der Waals surface area contributed by atoms with Gasteiger partial charge in [0.1, 0.15) is 17.2 Å². The van der Waals surface area contributed by atoms with Crippen LogP contribution in [-0.4, -0.2) is 33.6 Å². The highest BCUT2D eigenvalue weighted by Crippen LogP contribution is 2.22. The first kappa shape index (κ1) is 13.8. The molecule has 1 aromatic heterocycles. The molecule has 0 radical (unpaired) electrons. The summed E-state index contributed by atoms with van der Waals surface area (Å²) in [7, 11) is 0. The molecule has 0 unspecified atom stereocenters. The van der Waals surface area contributed by atoms with Crippen molar-refractivity contribution in [3.05, 3.63) is 23.6 Å². The lowest BCUT2D eigenvalue weighted by atomic mass is 10.2. The van der Waals surface area contributed by atoms with Crippen molar-refractivity contribution in [2.45, 2.75) is 18.6 Å². The maximum atomic E-state index is 12.9. The van der Waals surface area contributed by atoms with Crippen molar-refractivity contribution in [3.8, 4) is 0 Å². The van der Waals surface area contributed by atoms with Crippen molar-refractivity contribution in [1.82, 2.24) is 4.98 Å². The molecule has 0 fully saturated rings. The van der Waals surface area contributed by atoms with Crippen LogP contribution < -0.4 is 5.32 Å². The van der Waals surface area contributed by atoms with E-state index in [4.69, 9.17) is 5.11 Å². The lowest BCUT2D eigenvalue weighted by Crippen LogP contribution is -2.27. The maximum Gasteiger partial charge on any atom is 0.339 e. The van der Waals surface area contributed by atoms with Crippen molar-refractivity contribution in [2.75, 3.05) is 18.1 Å². The fourth-order valence-corrected chi connectivity index (χ4v) is 1.33. The smallest absolute Gasteiger partial charge is 0.339 e. The summed E-state index contributed by atoms with van der Waals surface area (Å²) in [5, 5.41) is 11.9. The van der Waals surface area contributed by atoms with Gasteiger partial charge in [0, 0.05) is 11.3 Å². The van der Waals surface area contributed by atoms with Gasteiger partial charge in [0.05, 0.1) is 6.20 Å². The Hall–Kier alpha value is -1.30. The van der Waals surface area contributed by atoms with Crippen LogP contribution in [0.3, 0.4) is 0 Å². The molecule has 4 nitrogen and oxygen atoms in total. The van der Waals surface area contributed by atoms with Gasteiger partial charge in [0.25, 0.3) is 0 Å². The van der Waals surface area contributed by atoms with Crippen LogP contribution in [0.5, 0.6) is 0 Å². The van der Waals surface area contributed by atoms with Gasteiger partial charge < -0.3 is 10.4 Å². The summed E-state index contributed by atoms with van der Waals surface area (Å²) in [6.45, 7) is 4.59. The van der Waals surface area contributed by atoms with E-state index in [9.17, 15) is 9.18 Å². The third-order valence-electron chi connectivity index (χ3n) is 2.32. The standard InChI is InChI=1S/C11H15FN2O2S/c1-11(2,17-3)6-14-9-8(10(15)16)4-7(12)5-13-9/h4-5H,6H2,1-3H3,(H,13,14)(H,15,16). The van der Waals surface area contributed by atoms with Gasteiger partial charge in [-0.25, -0.2) is 14.2 Å². The number of carboxylic acids is 1. The molecule has 17 heavy (non-hydrogen) atoms. The molecule has 0 bridgehead atoms. The lowest BCUT2D eigenvalue weighted by molar-refractivity contribution is 0.0697. The van der Waals surface area contributed by atoms with E-state index in [-0.39, 0.29) is 16.1 Å². The number of hydrogen-bond acceptors (Lipinski definition) is 4. The summed E-state index contributed by atoms with van der Waals surface area (Å²) in [6.07, 6.45) is 2.97. The number of anilines is 1. The highest BCUT2D eigenvalue weighted by Gasteiger charge is 2.18. The van der Waals surface area contributed by atoms with Crippen LogP contribution >= 0.6 is 11.8 Å². The van der Waals surface area contributed by atoms with Gasteiger partial charge in [0.2, 0.25) is 0 Å². The fourth-order valence-electron chi connectivity index (χ4n) is 1.11. The average Bonchev–Trinajstić information content (AvgIpc) is 2.27. The predicted octanol–water partition coefficient (Wildman–Crippen LogP) is 2.47. The van der Waals surface area contributed by atoms with Crippen molar-refractivity contribution in [1.29, 1.82) is 0 Å². The van der Waals surface area contributed by atoms with E-state index in [1.807, 2.05) is 20.1 Å². The number of carboxylic acid groups (broad SMARTS) is 1. The molecule has 1 heterocycles. The number of rotatable bonds is 5. The second kappa shape index (κ2) is 5.35. The van der Waals surface area contributed by atoms with Crippen molar-refractivity contribution >= 4 is 23.5 Å². The summed E-state index contributed by atoms with van der Waals surface area (Å²) in [5.41, 5.74) is -0.151.